The van der Waals surface area contributed by atoms with Gasteiger partial charge < -0.3 is 19.6 Å². The molecule has 1 aromatic rings. The number of carbonyl (C=O) groups is 2. The van der Waals surface area contributed by atoms with Crippen molar-refractivity contribution < 1.29 is 19.4 Å². The molecule has 1 fully saturated rings. The highest BCUT2D eigenvalue weighted by Crippen LogP contribution is 2.14. The maximum absolute atomic E-state index is 12.3. The Balaban J connectivity index is 2.00. The van der Waals surface area contributed by atoms with Gasteiger partial charge in [-0.05, 0) is 12.1 Å². The van der Waals surface area contributed by atoms with Gasteiger partial charge in [0, 0.05) is 25.3 Å². The number of rotatable bonds is 6. The first kappa shape index (κ1) is 15.3. The predicted octanol–water partition coefficient (Wildman–Crippen LogP) is 0.827. The van der Waals surface area contributed by atoms with Crippen LogP contribution in [0.5, 0.6) is 0 Å². The van der Waals surface area contributed by atoms with Gasteiger partial charge in [0.1, 0.15) is 0 Å². The number of carboxylic acid groups (broad SMARTS) is 1. The molecule has 1 N–H and O–H groups in total. The number of amides is 1. The Kier molecular flexibility index (Phi) is 5.57. The van der Waals surface area contributed by atoms with E-state index in [4.69, 9.17) is 9.84 Å². The zero-order valence-corrected chi connectivity index (χ0v) is 11.9. The molecule has 21 heavy (non-hydrogen) atoms. The number of ether oxygens (including phenoxy) is 1. The highest BCUT2D eigenvalue weighted by atomic mass is 16.5. The van der Waals surface area contributed by atoms with Crippen molar-refractivity contribution in [3.63, 3.8) is 0 Å². The number of morpholine rings is 1. The van der Waals surface area contributed by atoms with Crippen molar-refractivity contribution in [2.45, 2.75) is 6.42 Å². The van der Waals surface area contributed by atoms with Crippen LogP contribution in [-0.4, -0.2) is 61.3 Å². The second-order valence-electron chi connectivity index (χ2n) is 4.89. The van der Waals surface area contributed by atoms with Gasteiger partial charge in [0.05, 0.1) is 26.2 Å². The first-order valence-corrected chi connectivity index (χ1v) is 7.04. The van der Waals surface area contributed by atoms with Crippen LogP contribution in [0, 0.1) is 0 Å². The maximum Gasteiger partial charge on any atom is 0.305 e. The lowest BCUT2D eigenvalue weighted by Crippen LogP contribution is -2.46. The summed E-state index contributed by atoms with van der Waals surface area (Å²) in [5.74, 6) is -0.859. The molecule has 1 heterocycles. The minimum absolute atomic E-state index is 0.00524. The van der Waals surface area contributed by atoms with E-state index in [0.29, 0.717) is 32.8 Å². The largest absolute Gasteiger partial charge is 0.481 e. The molecule has 1 aliphatic rings. The van der Waals surface area contributed by atoms with Crippen LogP contribution < -0.4 is 4.90 Å². The number of hydrogen-bond acceptors (Lipinski definition) is 4. The van der Waals surface area contributed by atoms with E-state index in [-0.39, 0.29) is 18.9 Å². The van der Waals surface area contributed by atoms with Crippen molar-refractivity contribution in [2.24, 2.45) is 0 Å². The summed E-state index contributed by atoms with van der Waals surface area (Å²) in [7, 11) is 0. The van der Waals surface area contributed by atoms with Crippen molar-refractivity contribution in [1.29, 1.82) is 0 Å². The second kappa shape index (κ2) is 7.64. The lowest BCUT2D eigenvalue weighted by molar-refractivity contribution is -0.137. The SMILES string of the molecule is O=C(O)CCN(CC(=O)N1CCOCC1)c1ccccc1. The average Bonchev–Trinajstić information content (AvgIpc) is 2.52. The van der Waals surface area contributed by atoms with E-state index in [1.807, 2.05) is 35.2 Å². The summed E-state index contributed by atoms with van der Waals surface area (Å²) >= 11 is 0. The van der Waals surface area contributed by atoms with E-state index in [1.54, 1.807) is 4.90 Å². The number of para-hydroxylation sites is 1. The molecule has 6 heteroatoms. The fourth-order valence-electron chi connectivity index (χ4n) is 2.24. The van der Waals surface area contributed by atoms with Crippen molar-refractivity contribution >= 4 is 17.6 Å². The number of aliphatic carboxylic acids is 1. The summed E-state index contributed by atoms with van der Waals surface area (Å²) in [6.45, 7) is 2.83. The van der Waals surface area contributed by atoms with E-state index in [1.165, 1.54) is 0 Å². The van der Waals surface area contributed by atoms with Crippen molar-refractivity contribution in [3.8, 4) is 0 Å². The van der Waals surface area contributed by atoms with Crippen LogP contribution in [0.1, 0.15) is 6.42 Å². The van der Waals surface area contributed by atoms with E-state index >= 15 is 0 Å². The Morgan fingerprint density at radius 3 is 2.48 bits per heavy atom. The van der Waals surface area contributed by atoms with Gasteiger partial charge in [-0.1, -0.05) is 18.2 Å². The maximum atomic E-state index is 12.3. The third kappa shape index (κ3) is 4.75. The fourth-order valence-corrected chi connectivity index (χ4v) is 2.24. The Morgan fingerprint density at radius 1 is 1.19 bits per heavy atom. The third-order valence-corrected chi connectivity index (χ3v) is 3.41. The Hall–Kier alpha value is -2.08. The molecule has 1 saturated heterocycles. The second-order valence-corrected chi connectivity index (χ2v) is 4.89. The first-order chi connectivity index (χ1) is 10.2. The van der Waals surface area contributed by atoms with Gasteiger partial charge in [0.15, 0.2) is 0 Å². The highest BCUT2D eigenvalue weighted by Gasteiger charge is 2.20. The number of carboxylic acids is 1. The number of anilines is 1. The standard InChI is InChI=1S/C15H20N2O4/c18-14(16-8-10-21-11-9-16)12-17(7-6-15(19)20)13-4-2-1-3-5-13/h1-5H,6-12H2,(H,19,20). The molecule has 0 bridgehead atoms. The van der Waals surface area contributed by atoms with Crippen LogP contribution >= 0.6 is 0 Å². The molecule has 1 aliphatic heterocycles. The van der Waals surface area contributed by atoms with Crippen LogP contribution in [0.25, 0.3) is 0 Å². The molecule has 6 nitrogen and oxygen atoms in total. The average molecular weight is 292 g/mol. The summed E-state index contributed by atoms with van der Waals surface area (Å²) in [4.78, 5) is 26.7. The van der Waals surface area contributed by atoms with Crippen LogP contribution in [-0.2, 0) is 14.3 Å². The van der Waals surface area contributed by atoms with Gasteiger partial charge in [-0.3, -0.25) is 9.59 Å². The molecule has 1 aromatic carbocycles. The van der Waals surface area contributed by atoms with Gasteiger partial charge in [-0.25, -0.2) is 0 Å². The summed E-state index contributed by atoms with van der Waals surface area (Å²) in [5, 5.41) is 8.85. The van der Waals surface area contributed by atoms with Crippen molar-refractivity contribution in [1.82, 2.24) is 4.90 Å². The van der Waals surface area contributed by atoms with E-state index < -0.39 is 5.97 Å². The number of hydrogen-bond donors (Lipinski definition) is 1. The molecule has 0 unspecified atom stereocenters. The van der Waals surface area contributed by atoms with E-state index in [0.717, 1.165) is 5.69 Å². The quantitative estimate of drug-likeness (QED) is 0.841. The molecule has 0 atom stereocenters. The minimum Gasteiger partial charge on any atom is -0.481 e. The third-order valence-electron chi connectivity index (χ3n) is 3.41. The molecular weight excluding hydrogens is 272 g/mol. The van der Waals surface area contributed by atoms with Gasteiger partial charge >= 0.3 is 5.97 Å². The molecule has 2 rings (SSSR count). The summed E-state index contributed by atoms with van der Waals surface area (Å²) in [5.41, 5.74) is 0.861. The smallest absolute Gasteiger partial charge is 0.305 e. The predicted molar refractivity (Wildman–Crippen MR) is 78.3 cm³/mol. The van der Waals surface area contributed by atoms with Crippen LogP contribution in [0.15, 0.2) is 30.3 Å². The van der Waals surface area contributed by atoms with E-state index in [9.17, 15) is 9.59 Å². The van der Waals surface area contributed by atoms with Crippen molar-refractivity contribution in [3.05, 3.63) is 30.3 Å². The number of carbonyl (C=O) groups excluding carboxylic acids is 1. The molecular formula is C15H20N2O4. The van der Waals surface area contributed by atoms with Crippen LogP contribution in [0.3, 0.4) is 0 Å². The van der Waals surface area contributed by atoms with Gasteiger partial charge in [-0.2, -0.15) is 0 Å². The number of nitrogens with zero attached hydrogens (tertiary/aromatic N) is 2. The van der Waals surface area contributed by atoms with Gasteiger partial charge in [0.2, 0.25) is 5.91 Å². The summed E-state index contributed by atoms with van der Waals surface area (Å²) in [6.07, 6.45) is 0.00524. The molecule has 0 spiro atoms. The van der Waals surface area contributed by atoms with Gasteiger partial charge in [0.25, 0.3) is 0 Å². The summed E-state index contributed by atoms with van der Waals surface area (Å²) in [6, 6.07) is 9.41. The molecule has 0 saturated carbocycles. The van der Waals surface area contributed by atoms with Crippen LogP contribution in [0.2, 0.25) is 0 Å². The van der Waals surface area contributed by atoms with E-state index in [2.05, 4.69) is 0 Å². The monoisotopic (exact) mass is 292 g/mol. The Morgan fingerprint density at radius 2 is 1.86 bits per heavy atom. The first-order valence-electron chi connectivity index (χ1n) is 7.04. The fraction of sp³-hybridized carbons (Fsp3) is 0.467. The lowest BCUT2D eigenvalue weighted by Gasteiger charge is -2.30. The zero-order valence-electron chi connectivity index (χ0n) is 11.9. The topological polar surface area (TPSA) is 70.1 Å². The summed E-state index contributed by atoms with van der Waals surface area (Å²) < 4.78 is 5.23. The normalized spacial score (nSPS) is 14.8. The van der Waals surface area contributed by atoms with Crippen LogP contribution in [0.4, 0.5) is 5.69 Å². The minimum atomic E-state index is -0.866. The highest BCUT2D eigenvalue weighted by molar-refractivity contribution is 5.82. The molecule has 0 aromatic heterocycles. The molecule has 0 aliphatic carbocycles. The number of benzene rings is 1. The zero-order chi connectivity index (χ0) is 15.1. The lowest BCUT2D eigenvalue weighted by atomic mass is 10.2. The Labute approximate surface area is 123 Å². The Bertz CT molecular complexity index is 472. The van der Waals surface area contributed by atoms with Gasteiger partial charge in [-0.15, -0.1) is 0 Å². The molecule has 0 radical (unpaired) electrons. The van der Waals surface area contributed by atoms with Crippen molar-refractivity contribution in [2.75, 3.05) is 44.3 Å². The molecule has 114 valence electrons. The molecule has 1 amide bonds.